The van der Waals surface area contributed by atoms with Crippen LogP contribution in [0.25, 0.3) is 0 Å². The van der Waals surface area contributed by atoms with E-state index in [9.17, 15) is 0 Å². The van der Waals surface area contributed by atoms with Crippen LogP contribution in [0, 0.1) is 11.8 Å². The predicted molar refractivity (Wildman–Crippen MR) is 75.8 cm³/mol. The molecule has 0 bridgehead atoms. The highest BCUT2D eigenvalue weighted by atomic mass is 16.5. The Bertz CT molecular complexity index is 247. The molecular weight excluding hydrogens is 224 g/mol. The molecule has 1 saturated heterocycles. The maximum Gasteiger partial charge on any atom is 0.0521 e. The van der Waals surface area contributed by atoms with Gasteiger partial charge >= 0.3 is 0 Å². The highest BCUT2D eigenvalue weighted by molar-refractivity contribution is 4.85. The van der Waals surface area contributed by atoms with E-state index in [2.05, 4.69) is 31.2 Å². The third kappa shape index (κ3) is 3.46. The second-order valence-corrected chi connectivity index (χ2v) is 6.29. The summed E-state index contributed by atoms with van der Waals surface area (Å²) < 4.78 is 5.66. The van der Waals surface area contributed by atoms with Gasteiger partial charge in [-0.1, -0.05) is 19.8 Å². The number of ether oxygens (including phenoxy) is 1. The molecular formula is C15H30N2O. The van der Waals surface area contributed by atoms with Gasteiger partial charge in [0, 0.05) is 31.2 Å². The monoisotopic (exact) mass is 254 g/mol. The topological polar surface area (TPSA) is 24.5 Å². The van der Waals surface area contributed by atoms with Crippen LogP contribution >= 0.6 is 0 Å². The number of hydrogen-bond acceptors (Lipinski definition) is 3. The summed E-state index contributed by atoms with van der Waals surface area (Å²) in [6, 6.07) is 1.43. The van der Waals surface area contributed by atoms with Crippen molar-refractivity contribution in [2.45, 2.75) is 51.1 Å². The average molecular weight is 254 g/mol. The normalized spacial score (nSPS) is 38.0. The molecule has 1 aliphatic heterocycles. The van der Waals surface area contributed by atoms with Crippen molar-refractivity contribution in [1.29, 1.82) is 0 Å². The Kier molecular flexibility index (Phi) is 5.46. The van der Waals surface area contributed by atoms with Crippen molar-refractivity contribution in [3.05, 3.63) is 0 Å². The number of hydrogen-bond donors (Lipinski definition) is 1. The zero-order chi connectivity index (χ0) is 13.0. The van der Waals surface area contributed by atoms with Gasteiger partial charge in [0.15, 0.2) is 0 Å². The molecule has 0 aromatic heterocycles. The summed E-state index contributed by atoms with van der Waals surface area (Å²) >= 11 is 0. The van der Waals surface area contributed by atoms with Crippen molar-refractivity contribution in [3.8, 4) is 0 Å². The summed E-state index contributed by atoms with van der Waals surface area (Å²) in [4.78, 5) is 2.60. The Labute approximate surface area is 112 Å². The summed E-state index contributed by atoms with van der Waals surface area (Å²) in [5, 5.41) is 3.47. The highest BCUT2D eigenvalue weighted by Crippen LogP contribution is 2.28. The van der Waals surface area contributed by atoms with Gasteiger partial charge in [0.25, 0.3) is 0 Å². The molecule has 0 radical (unpaired) electrons. The Morgan fingerprint density at radius 2 is 2.00 bits per heavy atom. The Balaban J connectivity index is 1.86. The molecule has 3 heteroatoms. The minimum atomic E-state index is 0.639. The van der Waals surface area contributed by atoms with Gasteiger partial charge in [-0.2, -0.15) is 0 Å². The molecule has 2 aliphatic rings. The first-order valence-electron chi connectivity index (χ1n) is 7.67. The second-order valence-electron chi connectivity index (χ2n) is 6.29. The minimum absolute atomic E-state index is 0.639. The van der Waals surface area contributed by atoms with Crippen LogP contribution in [0.2, 0.25) is 0 Å². The van der Waals surface area contributed by atoms with Crippen molar-refractivity contribution < 1.29 is 4.74 Å². The van der Waals surface area contributed by atoms with Crippen molar-refractivity contribution in [2.75, 3.05) is 33.9 Å². The van der Waals surface area contributed by atoms with E-state index in [1.165, 1.54) is 32.2 Å². The molecule has 3 nitrogen and oxygen atoms in total. The van der Waals surface area contributed by atoms with Crippen LogP contribution in [0.3, 0.4) is 0 Å². The van der Waals surface area contributed by atoms with Crippen LogP contribution in [0.5, 0.6) is 0 Å². The third-order valence-electron chi connectivity index (χ3n) is 5.00. The summed E-state index contributed by atoms with van der Waals surface area (Å²) in [6.07, 6.45) is 6.80. The number of nitrogens with zero attached hydrogens (tertiary/aromatic N) is 1. The van der Waals surface area contributed by atoms with Gasteiger partial charge < -0.3 is 15.0 Å². The summed E-state index contributed by atoms with van der Waals surface area (Å²) in [5.41, 5.74) is 0. The average Bonchev–Trinajstić information content (AvgIpc) is 2.39. The zero-order valence-electron chi connectivity index (χ0n) is 12.3. The maximum absolute atomic E-state index is 5.66. The van der Waals surface area contributed by atoms with E-state index in [1.807, 2.05) is 0 Å². The lowest BCUT2D eigenvalue weighted by Gasteiger charge is -2.40. The van der Waals surface area contributed by atoms with Crippen molar-refractivity contribution >= 4 is 0 Å². The molecule has 0 aromatic rings. The highest BCUT2D eigenvalue weighted by Gasteiger charge is 2.30. The van der Waals surface area contributed by atoms with Crippen molar-refractivity contribution in [2.24, 2.45) is 11.8 Å². The molecule has 106 valence electrons. The van der Waals surface area contributed by atoms with Gasteiger partial charge in [0.05, 0.1) is 6.61 Å². The molecule has 18 heavy (non-hydrogen) atoms. The fourth-order valence-electron chi connectivity index (χ4n) is 3.81. The Morgan fingerprint density at radius 3 is 2.72 bits per heavy atom. The first kappa shape index (κ1) is 14.3. The summed E-state index contributed by atoms with van der Waals surface area (Å²) in [7, 11) is 4.40. The van der Waals surface area contributed by atoms with Crippen molar-refractivity contribution in [3.63, 3.8) is 0 Å². The second kappa shape index (κ2) is 6.88. The van der Waals surface area contributed by atoms with E-state index >= 15 is 0 Å². The summed E-state index contributed by atoms with van der Waals surface area (Å²) in [5.74, 6) is 1.52. The molecule has 0 amide bonds. The number of rotatable bonds is 4. The van der Waals surface area contributed by atoms with Crippen LogP contribution in [0.1, 0.15) is 39.0 Å². The fraction of sp³-hybridized carbons (Fsp3) is 1.00. The van der Waals surface area contributed by atoms with E-state index in [4.69, 9.17) is 4.74 Å². The van der Waals surface area contributed by atoms with E-state index in [0.717, 1.165) is 31.6 Å². The van der Waals surface area contributed by atoms with Gasteiger partial charge in [0.1, 0.15) is 0 Å². The van der Waals surface area contributed by atoms with Gasteiger partial charge in [-0.05, 0) is 39.3 Å². The Morgan fingerprint density at radius 1 is 1.22 bits per heavy atom. The quantitative estimate of drug-likeness (QED) is 0.832. The van der Waals surface area contributed by atoms with Crippen LogP contribution in [-0.2, 0) is 4.74 Å². The molecule has 0 aromatic carbocycles. The van der Waals surface area contributed by atoms with E-state index in [0.29, 0.717) is 12.0 Å². The molecule has 1 heterocycles. The molecule has 1 aliphatic carbocycles. The van der Waals surface area contributed by atoms with Crippen LogP contribution < -0.4 is 5.32 Å². The lowest BCUT2D eigenvalue weighted by atomic mass is 9.84. The number of nitrogens with one attached hydrogen (secondary N) is 1. The van der Waals surface area contributed by atoms with Gasteiger partial charge in [0.2, 0.25) is 0 Å². The zero-order valence-corrected chi connectivity index (χ0v) is 12.3. The van der Waals surface area contributed by atoms with E-state index < -0.39 is 0 Å². The van der Waals surface area contributed by atoms with Gasteiger partial charge in [-0.3, -0.25) is 0 Å². The molecule has 0 spiro atoms. The van der Waals surface area contributed by atoms with Crippen LogP contribution in [0.15, 0.2) is 0 Å². The lowest BCUT2D eigenvalue weighted by Crippen LogP contribution is -2.49. The standard InChI is InChI=1S/C15H30N2O/c1-12-6-4-5-7-15(12)17(3)10-13-11-18-9-8-14(13)16-2/h12-16H,4-11H2,1-3H3. The van der Waals surface area contributed by atoms with Crippen LogP contribution in [0.4, 0.5) is 0 Å². The SMILES string of the molecule is CNC1CCOCC1CN(C)C1CCCCC1C. The van der Waals surface area contributed by atoms with Gasteiger partial charge in [-0.15, -0.1) is 0 Å². The molecule has 1 N–H and O–H groups in total. The molecule has 1 saturated carbocycles. The van der Waals surface area contributed by atoms with Crippen molar-refractivity contribution in [1.82, 2.24) is 10.2 Å². The first-order valence-corrected chi connectivity index (χ1v) is 7.67. The first-order chi connectivity index (χ1) is 8.72. The predicted octanol–water partition coefficient (Wildman–Crippen LogP) is 2.12. The smallest absolute Gasteiger partial charge is 0.0521 e. The largest absolute Gasteiger partial charge is 0.381 e. The third-order valence-corrected chi connectivity index (χ3v) is 5.00. The lowest BCUT2D eigenvalue weighted by molar-refractivity contribution is 0.00907. The van der Waals surface area contributed by atoms with Gasteiger partial charge in [-0.25, -0.2) is 0 Å². The van der Waals surface area contributed by atoms with E-state index in [1.54, 1.807) is 0 Å². The molecule has 4 atom stereocenters. The fourth-order valence-corrected chi connectivity index (χ4v) is 3.81. The summed E-state index contributed by atoms with van der Waals surface area (Å²) in [6.45, 7) is 5.45. The van der Waals surface area contributed by atoms with Crippen LogP contribution in [-0.4, -0.2) is 50.8 Å². The Hall–Kier alpha value is -0.120. The minimum Gasteiger partial charge on any atom is -0.381 e. The maximum atomic E-state index is 5.66. The molecule has 2 rings (SSSR count). The molecule has 4 unspecified atom stereocenters. The molecule has 2 fully saturated rings. The van der Waals surface area contributed by atoms with E-state index in [-0.39, 0.29) is 0 Å².